The minimum Gasteiger partial charge on any atom is -0.465 e. The summed E-state index contributed by atoms with van der Waals surface area (Å²) in [5.74, 6) is -1.07. The minimum atomic E-state index is -0.480. The van der Waals surface area contributed by atoms with Crippen LogP contribution in [-0.4, -0.2) is 47.7 Å². The number of aromatic amines is 1. The second-order valence-corrected chi connectivity index (χ2v) is 8.10. The molecule has 0 radical (unpaired) electrons. The smallest absolute Gasteiger partial charge is 0.337 e. The number of nitrogens with zero attached hydrogens (tertiary/aromatic N) is 1. The molecule has 3 aromatic rings. The van der Waals surface area contributed by atoms with Crippen LogP contribution in [0.15, 0.2) is 60.7 Å². The first-order valence-corrected chi connectivity index (χ1v) is 10.7. The van der Waals surface area contributed by atoms with Crippen molar-refractivity contribution in [2.24, 2.45) is 0 Å². The number of carbonyl (C=O) groups is 3. The van der Waals surface area contributed by atoms with Crippen molar-refractivity contribution in [3.8, 4) is 11.3 Å². The average molecular weight is 431 g/mol. The zero-order valence-electron chi connectivity index (χ0n) is 18.3. The van der Waals surface area contributed by atoms with E-state index in [4.69, 9.17) is 4.74 Å². The topological polar surface area (TPSA) is 79.5 Å². The molecule has 0 bridgehead atoms. The third kappa shape index (κ3) is 4.35. The van der Waals surface area contributed by atoms with E-state index in [1.54, 1.807) is 17.0 Å². The lowest BCUT2D eigenvalue weighted by Gasteiger charge is -2.32. The second kappa shape index (κ2) is 9.22. The van der Waals surface area contributed by atoms with Gasteiger partial charge < -0.3 is 14.6 Å². The van der Waals surface area contributed by atoms with Crippen molar-refractivity contribution in [3.05, 3.63) is 83.0 Å². The van der Waals surface area contributed by atoms with Crippen LogP contribution in [0.3, 0.4) is 0 Å². The van der Waals surface area contributed by atoms with E-state index in [0.29, 0.717) is 29.9 Å². The van der Waals surface area contributed by atoms with Crippen molar-refractivity contribution in [1.82, 2.24) is 9.88 Å². The van der Waals surface area contributed by atoms with Crippen LogP contribution in [0.2, 0.25) is 0 Å². The predicted molar refractivity (Wildman–Crippen MR) is 122 cm³/mol. The first-order chi connectivity index (χ1) is 15.5. The average Bonchev–Trinajstić information content (AvgIpc) is 3.25. The van der Waals surface area contributed by atoms with Gasteiger partial charge in [-0.1, -0.05) is 42.5 Å². The SMILES string of the molecule is COC(=O)c1cccc(C2CCN(C(=O)C(=O)c3cc(-c4ccccc4)[nH]c3C)CC2)c1. The monoisotopic (exact) mass is 430 g/mol. The number of piperidine rings is 1. The van der Waals surface area contributed by atoms with Crippen molar-refractivity contribution in [3.63, 3.8) is 0 Å². The second-order valence-electron chi connectivity index (χ2n) is 8.10. The molecule has 6 nitrogen and oxygen atoms in total. The van der Waals surface area contributed by atoms with Crippen LogP contribution in [0, 0.1) is 6.92 Å². The third-order valence-electron chi connectivity index (χ3n) is 6.10. The summed E-state index contributed by atoms with van der Waals surface area (Å²) in [7, 11) is 1.37. The van der Waals surface area contributed by atoms with E-state index in [-0.39, 0.29) is 11.9 Å². The molecule has 2 aromatic carbocycles. The van der Waals surface area contributed by atoms with Gasteiger partial charge in [0.2, 0.25) is 0 Å². The summed E-state index contributed by atoms with van der Waals surface area (Å²) in [4.78, 5) is 42.5. The molecular formula is C26H26N2O4. The Morgan fingerprint density at radius 1 is 0.969 bits per heavy atom. The van der Waals surface area contributed by atoms with Crippen LogP contribution >= 0.6 is 0 Å². The van der Waals surface area contributed by atoms with Crippen molar-refractivity contribution in [1.29, 1.82) is 0 Å². The number of ether oxygens (including phenoxy) is 1. The molecule has 2 heterocycles. The van der Waals surface area contributed by atoms with Gasteiger partial charge in [-0.15, -0.1) is 0 Å². The minimum absolute atomic E-state index is 0.234. The number of esters is 1. The number of carbonyl (C=O) groups excluding carboxylic acids is 3. The van der Waals surface area contributed by atoms with Crippen molar-refractivity contribution in [2.45, 2.75) is 25.7 Å². The molecule has 4 rings (SSSR count). The van der Waals surface area contributed by atoms with E-state index in [1.165, 1.54) is 7.11 Å². The van der Waals surface area contributed by atoms with E-state index in [9.17, 15) is 14.4 Å². The number of benzene rings is 2. The number of amides is 1. The number of H-pyrrole nitrogens is 1. The van der Waals surface area contributed by atoms with Crippen LogP contribution in [0.1, 0.15) is 50.7 Å². The predicted octanol–water partition coefficient (Wildman–Crippen LogP) is 4.37. The van der Waals surface area contributed by atoms with Crippen LogP contribution in [0.25, 0.3) is 11.3 Å². The van der Waals surface area contributed by atoms with Gasteiger partial charge in [0.1, 0.15) is 0 Å². The number of likely N-dealkylation sites (tertiary alicyclic amines) is 1. The van der Waals surface area contributed by atoms with Crippen molar-refractivity contribution < 1.29 is 19.1 Å². The number of rotatable bonds is 5. The Bertz CT molecular complexity index is 1140. The molecule has 1 aliphatic heterocycles. The quantitative estimate of drug-likeness (QED) is 0.370. The molecule has 1 aliphatic rings. The summed E-state index contributed by atoms with van der Waals surface area (Å²) in [5, 5.41) is 0. The maximum Gasteiger partial charge on any atom is 0.337 e. The van der Waals surface area contributed by atoms with E-state index < -0.39 is 11.7 Å². The highest BCUT2D eigenvalue weighted by molar-refractivity contribution is 6.43. The van der Waals surface area contributed by atoms with Crippen LogP contribution in [0.5, 0.6) is 0 Å². The van der Waals surface area contributed by atoms with E-state index in [2.05, 4.69) is 4.98 Å². The molecule has 1 amide bonds. The molecule has 1 fully saturated rings. The Kier molecular flexibility index (Phi) is 6.21. The van der Waals surface area contributed by atoms with Crippen LogP contribution < -0.4 is 0 Å². The molecule has 0 atom stereocenters. The summed E-state index contributed by atoms with van der Waals surface area (Å²) < 4.78 is 4.80. The summed E-state index contributed by atoms with van der Waals surface area (Å²) in [6.45, 7) is 2.83. The zero-order chi connectivity index (χ0) is 22.7. The lowest BCUT2D eigenvalue weighted by molar-refractivity contribution is -0.127. The van der Waals surface area contributed by atoms with Crippen molar-refractivity contribution in [2.75, 3.05) is 20.2 Å². The number of ketones is 1. The standard InChI is InChI=1S/C26H26N2O4/c1-17-22(16-23(27-17)19-7-4-3-5-8-19)24(29)25(30)28-13-11-18(12-14-28)20-9-6-10-21(15-20)26(31)32-2/h3-10,15-16,18,27H,11-14H2,1-2H3. The first-order valence-electron chi connectivity index (χ1n) is 10.7. The normalized spacial score (nSPS) is 14.2. The fraction of sp³-hybridized carbons (Fsp3) is 0.269. The molecular weight excluding hydrogens is 404 g/mol. The summed E-state index contributed by atoms with van der Waals surface area (Å²) in [5.41, 5.74) is 4.48. The molecule has 0 aliphatic carbocycles. The van der Waals surface area contributed by atoms with E-state index in [1.807, 2.05) is 55.5 Å². The molecule has 0 saturated carbocycles. The molecule has 0 spiro atoms. The lowest BCUT2D eigenvalue weighted by Crippen LogP contribution is -2.41. The van der Waals surface area contributed by atoms with Gasteiger partial charge >= 0.3 is 5.97 Å². The maximum atomic E-state index is 13.0. The number of aromatic nitrogens is 1. The van der Waals surface area contributed by atoms with E-state index in [0.717, 1.165) is 29.7 Å². The highest BCUT2D eigenvalue weighted by Crippen LogP contribution is 2.29. The number of hydrogen-bond donors (Lipinski definition) is 1. The maximum absolute atomic E-state index is 13.0. The third-order valence-corrected chi connectivity index (χ3v) is 6.10. The van der Waals surface area contributed by atoms with Crippen LogP contribution in [-0.2, 0) is 9.53 Å². The van der Waals surface area contributed by atoms with Gasteiger partial charge in [-0.3, -0.25) is 9.59 Å². The molecule has 1 N–H and O–H groups in total. The fourth-order valence-electron chi connectivity index (χ4n) is 4.28. The fourth-order valence-corrected chi connectivity index (χ4v) is 4.28. The molecule has 1 aromatic heterocycles. The summed E-state index contributed by atoms with van der Waals surface area (Å²) in [6, 6.07) is 18.9. The molecule has 164 valence electrons. The lowest BCUT2D eigenvalue weighted by atomic mass is 9.88. The number of hydrogen-bond acceptors (Lipinski definition) is 4. The Morgan fingerprint density at radius 3 is 2.38 bits per heavy atom. The number of Topliss-reactive ketones (excluding diaryl/α,β-unsaturated/α-hetero) is 1. The summed E-state index contributed by atoms with van der Waals surface area (Å²) in [6.07, 6.45) is 1.48. The van der Waals surface area contributed by atoms with E-state index >= 15 is 0 Å². The van der Waals surface area contributed by atoms with Crippen molar-refractivity contribution >= 4 is 17.7 Å². The molecule has 0 unspecified atom stereocenters. The number of aryl methyl sites for hydroxylation is 1. The highest BCUT2D eigenvalue weighted by Gasteiger charge is 2.30. The van der Waals surface area contributed by atoms with Crippen LogP contribution in [0.4, 0.5) is 0 Å². The zero-order valence-corrected chi connectivity index (χ0v) is 18.3. The van der Waals surface area contributed by atoms with Gasteiger partial charge in [0.25, 0.3) is 11.7 Å². The molecule has 32 heavy (non-hydrogen) atoms. The van der Waals surface area contributed by atoms with Gasteiger partial charge in [-0.05, 0) is 55.0 Å². The van der Waals surface area contributed by atoms with Gasteiger partial charge in [0, 0.05) is 30.0 Å². The Balaban J connectivity index is 1.42. The summed E-state index contributed by atoms with van der Waals surface area (Å²) >= 11 is 0. The van der Waals surface area contributed by atoms with Gasteiger partial charge in [0.15, 0.2) is 0 Å². The number of nitrogens with one attached hydrogen (secondary N) is 1. The molecule has 6 heteroatoms. The first kappa shape index (κ1) is 21.6. The largest absolute Gasteiger partial charge is 0.465 e. The Morgan fingerprint density at radius 2 is 1.69 bits per heavy atom. The van der Waals surface area contributed by atoms with Gasteiger partial charge in [-0.2, -0.15) is 0 Å². The number of methoxy groups -OCH3 is 1. The highest BCUT2D eigenvalue weighted by atomic mass is 16.5. The Hall–Kier alpha value is -3.67. The molecule has 1 saturated heterocycles. The van der Waals surface area contributed by atoms with Gasteiger partial charge in [0.05, 0.1) is 12.7 Å². The van der Waals surface area contributed by atoms with Gasteiger partial charge in [-0.25, -0.2) is 4.79 Å². The Labute approximate surface area is 187 Å².